The Hall–Kier alpha value is -1.72. The zero-order valence-corrected chi connectivity index (χ0v) is 10.2. The molecule has 5 nitrogen and oxygen atoms in total. The summed E-state index contributed by atoms with van der Waals surface area (Å²) >= 11 is 0. The van der Waals surface area contributed by atoms with Gasteiger partial charge in [0.25, 0.3) is 0 Å². The van der Waals surface area contributed by atoms with E-state index in [-0.39, 0.29) is 0 Å². The molecule has 0 saturated heterocycles. The van der Waals surface area contributed by atoms with Gasteiger partial charge >= 0.3 is 0 Å². The summed E-state index contributed by atoms with van der Waals surface area (Å²) in [6.07, 6.45) is 0.313. The summed E-state index contributed by atoms with van der Waals surface area (Å²) in [5.74, 6) is 1.05. The third-order valence-corrected chi connectivity index (χ3v) is 2.59. The van der Waals surface area contributed by atoms with Crippen LogP contribution in [-0.2, 0) is 17.6 Å². The Morgan fingerprint density at radius 3 is 2.83 bits per heavy atom. The zero-order valence-electron chi connectivity index (χ0n) is 10.2. The maximum absolute atomic E-state index is 10.0. The van der Waals surface area contributed by atoms with E-state index in [1.807, 2.05) is 30.3 Å². The van der Waals surface area contributed by atoms with Crippen LogP contribution < -0.4 is 0 Å². The van der Waals surface area contributed by atoms with E-state index in [2.05, 4.69) is 10.1 Å². The number of aromatic nitrogens is 2. The van der Waals surface area contributed by atoms with Crippen molar-refractivity contribution in [2.24, 2.45) is 0 Å². The van der Waals surface area contributed by atoms with E-state index in [9.17, 15) is 5.11 Å². The van der Waals surface area contributed by atoms with Crippen LogP contribution in [0.15, 0.2) is 34.9 Å². The van der Waals surface area contributed by atoms with Crippen LogP contribution in [0.25, 0.3) is 0 Å². The SMILES string of the molecule is COCCc1noc(CC(O)c2ccccc2)n1. The monoisotopic (exact) mass is 248 g/mol. The molecule has 0 saturated carbocycles. The van der Waals surface area contributed by atoms with Crippen molar-refractivity contribution in [1.82, 2.24) is 10.1 Å². The van der Waals surface area contributed by atoms with E-state index in [1.165, 1.54) is 0 Å². The smallest absolute Gasteiger partial charge is 0.229 e. The molecule has 0 amide bonds. The molecule has 96 valence electrons. The Kier molecular flexibility index (Phi) is 4.44. The third-order valence-electron chi connectivity index (χ3n) is 2.59. The molecule has 0 aliphatic heterocycles. The van der Waals surface area contributed by atoms with Crippen LogP contribution in [0.5, 0.6) is 0 Å². The van der Waals surface area contributed by atoms with Gasteiger partial charge in [0, 0.05) is 13.5 Å². The number of benzene rings is 1. The lowest BCUT2D eigenvalue weighted by atomic mass is 10.1. The van der Waals surface area contributed by atoms with Gasteiger partial charge in [-0.2, -0.15) is 4.98 Å². The van der Waals surface area contributed by atoms with Crippen LogP contribution >= 0.6 is 0 Å². The zero-order chi connectivity index (χ0) is 12.8. The van der Waals surface area contributed by atoms with Crippen LogP contribution in [0.1, 0.15) is 23.4 Å². The van der Waals surface area contributed by atoms with Gasteiger partial charge in [0.15, 0.2) is 5.82 Å². The molecule has 0 fully saturated rings. The number of hydrogen-bond donors (Lipinski definition) is 1. The number of aliphatic hydroxyl groups is 1. The topological polar surface area (TPSA) is 68.4 Å². The molecule has 0 spiro atoms. The number of nitrogens with zero attached hydrogens (tertiary/aromatic N) is 2. The Morgan fingerprint density at radius 2 is 2.11 bits per heavy atom. The largest absolute Gasteiger partial charge is 0.388 e. The summed E-state index contributed by atoms with van der Waals surface area (Å²) in [7, 11) is 1.63. The highest BCUT2D eigenvalue weighted by molar-refractivity contribution is 5.18. The van der Waals surface area contributed by atoms with Crippen molar-refractivity contribution in [1.29, 1.82) is 0 Å². The van der Waals surface area contributed by atoms with Crippen LogP contribution in [-0.4, -0.2) is 29.0 Å². The van der Waals surface area contributed by atoms with Gasteiger partial charge in [-0.25, -0.2) is 0 Å². The van der Waals surface area contributed by atoms with Crippen LogP contribution in [0.2, 0.25) is 0 Å². The third kappa shape index (κ3) is 3.38. The maximum atomic E-state index is 10.0. The van der Waals surface area contributed by atoms with Gasteiger partial charge in [-0.05, 0) is 5.56 Å². The molecule has 0 radical (unpaired) electrons. The fraction of sp³-hybridized carbons (Fsp3) is 0.385. The highest BCUT2D eigenvalue weighted by atomic mass is 16.5. The lowest BCUT2D eigenvalue weighted by molar-refractivity contribution is 0.164. The molecule has 1 aromatic carbocycles. The molecule has 2 rings (SSSR count). The minimum atomic E-state index is -0.623. The first-order valence-electron chi connectivity index (χ1n) is 5.83. The lowest BCUT2D eigenvalue weighted by Crippen LogP contribution is -2.02. The van der Waals surface area contributed by atoms with E-state index in [1.54, 1.807) is 7.11 Å². The van der Waals surface area contributed by atoms with Crippen molar-refractivity contribution < 1.29 is 14.4 Å². The molecule has 0 aliphatic rings. The predicted molar refractivity (Wildman–Crippen MR) is 65.0 cm³/mol. The van der Waals surface area contributed by atoms with Crippen LogP contribution in [0, 0.1) is 0 Å². The number of hydrogen-bond acceptors (Lipinski definition) is 5. The molecular formula is C13H16N2O3. The number of rotatable bonds is 6. The van der Waals surface area contributed by atoms with Crippen molar-refractivity contribution in [3.05, 3.63) is 47.6 Å². The second-order valence-electron chi connectivity index (χ2n) is 3.98. The van der Waals surface area contributed by atoms with Gasteiger partial charge in [-0.1, -0.05) is 35.5 Å². The molecule has 18 heavy (non-hydrogen) atoms. The lowest BCUT2D eigenvalue weighted by Gasteiger charge is -2.07. The van der Waals surface area contributed by atoms with Gasteiger partial charge in [0.1, 0.15) is 0 Å². The highest BCUT2D eigenvalue weighted by Gasteiger charge is 2.13. The van der Waals surface area contributed by atoms with Crippen molar-refractivity contribution in [3.8, 4) is 0 Å². The number of aliphatic hydroxyl groups excluding tert-OH is 1. The quantitative estimate of drug-likeness (QED) is 0.839. The Bertz CT molecular complexity index is 470. The molecule has 0 bridgehead atoms. The molecule has 1 N–H and O–H groups in total. The average Bonchev–Trinajstić information content (AvgIpc) is 2.85. The summed E-state index contributed by atoms with van der Waals surface area (Å²) in [6.45, 7) is 0.556. The van der Waals surface area contributed by atoms with Gasteiger partial charge < -0.3 is 14.4 Å². The molecule has 5 heteroatoms. The summed E-state index contributed by atoms with van der Waals surface area (Å²) in [4.78, 5) is 4.20. The molecule has 2 aromatic rings. The van der Waals surface area contributed by atoms with E-state index in [4.69, 9.17) is 9.26 Å². The van der Waals surface area contributed by atoms with Gasteiger partial charge in [0.2, 0.25) is 5.89 Å². The molecule has 1 unspecified atom stereocenters. The van der Waals surface area contributed by atoms with Crippen molar-refractivity contribution in [2.45, 2.75) is 18.9 Å². The van der Waals surface area contributed by atoms with Gasteiger partial charge in [-0.3, -0.25) is 0 Å². The second kappa shape index (κ2) is 6.28. The standard InChI is InChI=1S/C13H16N2O3/c1-17-8-7-12-14-13(18-15-12)9-11(16)10-5-3-2-4-6-10/h2-6,11,16H,7-9H2,1H3. The van der Waals surface area contributed by atoms with Gasteiger partial charge in [0.05, 0.1) is 19.1 Å². The molecule has 1 heterocycles. The number of methoxy groups -OCH3 is 1. The van der Waals surface area contributed by atoms with E-state index >= 15 is 0 Å². The molecular weight excluding hydrogens is 232 g/mol. The van der Waals surface area contributed by atoms with E-state index < -0.39 is 6.10 Å². The first kappa shape index (κ1) is 12.7. The van der Waals surface area contributed by atoms with Crippen LogP contribution in [0.3, 0.4) is 0 Å². The molecule has 1 atom stereocenters. The minimum Gasteiger partial charge on any atom is -0.388 e. The summed E-state index contributed by atoms with van der Waals surface area (Å²) in [5.41, 5.74) is 0.842. The Balaban J connectivity index is 1.95. The minimum absolute atomic E-state index is 0.323. The molecule has 0 aliphatic carbocycles. The first-order chi connectivity index (χ1) is 8.79. The van der Waals surface area contributed by atoms with Crippen LogP contribution in [0.4, 0.5) is 0 Å². The van der Waals surface area contributed by atoms with Gasteiger partial charge in [-0.15, -0.1) is 0 Å². The Morgan fingerprint density at radius 1 is 1.33 bits per heavy atom. The van der Waals surface area contributed by atoms with Crippen molar-refractivity contribution in [2.75, 3.05) is 13.7 Å². The average molecular weight is 248 g/mol. The number of ether oxygens (including phenoxy) is 1. The Labute approximate surface area is 105 Å². The first-order valence-corrected chi connectivity index (χ1v) is 5.83. The predicted octanol–water partition coefficient (Wildman–Crippen LogP) is 1.53. The summed E-state index contributed by atoms with van der Waals surface area (Å²) < 4.78 is 10.0. The van der Waals surface area contributed by atoms with E-state index in [0.717, 1.165) is 5.56 Å². The fourth-order valence-corrected chi connectivity index (χ4v) is 1.63. The fourth-order valence-electron chi connectivity index (χ4n) is 1.63. The molecule has 1 aromatic heterocycles. The van der Waals surface area contributed by atoms with E-state index in [0.29, 0.717) is 31.2 Å². The summed E-state index contributed by atoms with van der Waals surface area (Å²) in [6, 6.07) is 9.41. The van der Waals surface area contributed by atoms with Crippen molar-refractivity contribution in [3.63, 3.8) is 0 Å². The second-order valence-corrected chi connectivity index (χ2v) is 3.98. The highest BCUT2D eigenvalue weighted by Crippen LogP contribution is 2.16. The normalized spacial score (nSPS) is 12.6. The summed E-state index contributed by atoms with van der Waals surface area (Å²) in [5, 5.41) is 13.8. The van der Waals surface area contributed by atoms with Crippen molar-refractivity contribution >= 4 is 0 Å². The maximum Gasteiger partial charge on any atom is 0.229 e.